The van der Waals surface area contributed by atoms with Crippen molar-refractivity contribution >= 4 is 50.7 Å². The zero-order valence-electron chi connectivity index (χ0n) is 21.4. The second-order valence-electron chi connectivity index (χ2n) is 9.30. The van der Waals surface area contributed by atoms with Crippen LogP contribution in [0.2, 0.25) is 10.0 Å². The normalized spacial score (nSPS) is 12.3. The summed E-state index contributed by atoms with van der Waals surface area (Å²) < 4.78 is 26.3. The van der Waals surface area contributed by atoms with Gasteiger partial charge >= 0.3 is 0 Å². The molecule has 36 heavy (non-hydrogen) atoms. The number of hydrogen-bond donors (Lipinski definition) is 1. The van der Waals surface area contributed by atoms with Gasteiger partial charge in [-0.25, -0.2) is 8.42 Å². The van der Waals surface area contributed by atoms with Crippen LogP contribution in [-0.2, 0) is 26.2 Å². The standard InChI is InChI=1S/C26H35Cl2N3O4S/c1-18(2)16-29-26(33)20(4)30(17-21-9-6-7-10-23(21)28)25(32)11-8-14-31(36(5,34)35)24-15-22(27)13-12-19(24)3/h6-7,9-10,12-13,15,18,20H,8,11,14,16-17H2,1-5H3,(H,29,33)/t20-/m1/s1. The zero-order valence-corrected chi connectivity index (χ0v) is 23.8. The molecule has 1 atom stereocenters. The average Bonchev–Trinajstić information content (AvgIpc) is 2.80. The van der Waals surface area contributed by atoms with Crippen LogP contribution in [-0.4, -0.2) is 50.5 Å². The highest BCUT2D eigenvalue weighted by atomic mass is 35.5. The van der Waals surface area contributed by atoms with E-state index in [9.17, 15) is 18.0 Å². The second kappa shape index (κ2) is 13.3. The Morgan fingerprint density at radius 3 is 2.33 bits per heavy atom. The van der Waals surface area contributed by atoms with Crippen molar-refractivity contribution in [2.24, 2.45) is 5.92 Å². The number of halogens is 2. The summed E-state index contributed by atoms with van der Waals surface area (Å²) in [6.45, 7) is 8.23. The van der Waals surface area contributed by atoms with E-state index in [0.717, 1.165) is 17.4 Å². The number of anilines is 1. The second-order valence-corrected chi connectivity index (χ2v) is 12.0. The van der Waals surface area contributed by atoms with E-state index in [2.05, 4.69) is 5.32 Å². The van der Waals surface area contributed by atoms with Crippen molar-refractivity contribution in [1.82, 2.24) is 10.2 Å². The largest absolute Gasteiger partial charge is 0.354 e. The van der Waals surface area contributed by atoms with Gasteiger partial charge in [-0.15, -0.1) is 0 Å². The maximum atomic E-state index is 13.3. The summed E-state index contributed by atoms with van der Waals surface area (Å²) in [6, 6.07) is 11.5. The first-order valence-electron chi connectivity index (χ1n) is 11.9. The van der Waals surface area contributed by atoms with Crippen molar-refractivity contribution in [2.75, 3.05) is 23.7 Å². The number of nitrogens with one attached hydrogen (secondary N) is 1. The lowest BCUT2D eigenvalue weighted by Crippen LogP contribution is -2.48. The van der Waals surface area contributed by atoms with Crippen molar-refractivity contribution in [3.8, 4) is 0 Å². The number of carbonyl (C=O) groups excluding carboxylic acids is 2. The number of carbonyl (C=O) groups is 2. The van der Waals surface area contributed by atoms with Gasteiger partial charge < -0.3 is 10.2 Å². The van der Waals surface area contributed by atoms with Crippen molar-refractivity contribution in [3.63, 3.8) is 0 Å². The molecular formula is C26H35Cl2N3O4S. The van der Waals surface area contributed by atoms with Crippen molar-refractivity contribution in [2.45, 2.75) is 53.1 Å². The SMILES string of the molecule is Cc1ccc(Cl)cc1N(CCCC(=O)N(Cc1ccccc1Cl)[C@H](C)C(=O)NCC(C)C)S(C)(=O)=O. The Hall–Kier alpha value is -2.29. The third-order valence-corrected chi connectivity index (χ3v) is 7.53. The third kappa shape index (κ3) is 8.68. The van der Waals surface area contributed by atoms with Crippen LogP contribution in [0.3, 0.4) is 0 Å². The molecule has 0 spiro atoms. The van der Waals surface area contributed by atoms with E-state index in [0.29, 0.717) is 22.3 Å². The topological polar surface area (TPSA) is 86.8 Å². The van der Waals surface area contributed by atoms with Gasteiger partial charge in [0.2, 0.25) is 21.8 Å². The van der Waals surface area contributed by atoms with Crippen LogP contribution in [0.1, 0.15) is 44.7 Å². The van der Waals surface area contributed by atoms with Gasteiger partial charge in [-0.2, -0.15) is 0 Å². The van der Waals surface area contributed by atoms with Crippen LogP contribution < -0.4 is 9.62 Å². The molecule has 7 nitrogen and oxygen atoms in total. The molecule has 0 saturated heterocycles. The molecule has 0 aliphatic rings. The molecule has 0 aliphatic heterocycles. The molecule has 2 aromatic carbocycles. The fourth-order valence-corrected chi connectivity index (χ4v) is 5.06. The van der Waals surface area contributed by atoms with Crippen molar-refractivity contribution in [3.05, 3.63) is 63.6 Å². The maximum absolute atomic E-state index is 13.3. The summed E-state index contributed by atoms with van der Waals surface area (Å²) >= 11 is 12.4. The highest BCUT2D eigenvalue weighted by Gasteiger charge is 2.27. The van der Waals surface area contributed by atoms with Gasteiger partial charge in [-0.05, 0) is 55.5 Å². The maximum Gasteiger partial charge on any atom is 0.242 e. The van der Waals surface area contributed by atoms with Gasteiger partial charge in [0.15, 0.2) is 0 Å². The van der Waals surface area contributed by atoms with Crippen LogP contribution >= 0.6 is 23.2 Å². The van der Waals surface area contributed by atoms with Crippen molar-refractivity contribution < 1.29 is 18.0 Å². The smallest absolute Gasteiger partial charge is 0.242 e. The Bertz CT molecular complexity index is 1170. The number of sulfonamides is 1. The number of aryl methyl sites for hydroxylation is 1. The minimum absolute atomic E-state index is 0.0535. The average molecular weight is 557 g/mol. The Labute approximate surface area is 224 Å². The summed E-state index contributed by atoms with van der Waals surface area (Å²) in [7, 11) is -3.61. The van der Waals surface area contributed by atoms with Crippen LogP contribution in [0.15, 0.2) is 42.5 Å². The van der Waals surface area contributed by atoms with E-state index in [1.807, 2.05) is 26.0 Å². The highest BCUT2D eigenvalue weighted by Crippen LogP contribution is 2.27. The molecule has 0 radical (unpaired) electrons. The lowest BCUT2D eigenvalue weighted by molar-refractivity contribution is -0.140. The summed E-state index contributed by atoms with van der Waals surface area (Å²) in [5, 5.41) is 3.81. The number of nitrogens with zero attached hydrogens (tertiary/aromatic N) is 2. The van der Waals surface area contributed by atoms with Crippen LogP contribution in [0.25, 0.3) is 0 Å². The zero-order chi connectivity index (χ0) is 27.0. The van der Waals surface area contributed by atoms with E-state index in [1.165, 1.54) is 9.21 Å². The van der Waals surface area contributed by atoms with Gasteiger partial charge in [0.25, 0.3) is 0 Å². The van der Waals surface area contributed by atoms with E-state index in [-0.39, 0.29) is 43.7 Å². The van der Waals surface area contributed by atoms with E-state index in [4.69, 9.17) is 23.2 Å². The summed E-state index contributed by atoms with van der Waals surface area (Å²) in [5.74, 6) is -0.249. The molecule has 1 N–H and O–H groups in total. The molecule has 0 heterocycles. The molecule has 2 rings (SSSR count). The quantitative estimate of drug-likeness (QED) is 0.397. The molecule has 0 fully saturated rings. The lowest BCUT2D eigenvalue weighted by Gasteiger charge is -2.30. The monoisotopic (exact) mass is 555 g/mol. The first-order valence-corrected chi connectivity index (χ1v) is 14.5. The van der Waals surface area contributed by atoms with Crippen LogP contribution in [0.4, 0.5) is 5.69 Å². The van der Waals surface area contributed by atoms with E-state index >= 15 is 0 Å². The third-order valence-electron chi connectivity index (χ3n) is 5.74. The molecule has 10 heteroatoms. The van der Waals surface area contributed by atoms with Crippen LogP contribution in [0.5, 0.6) is 0 Å². The number of benzene rings is 2. The summed E-state index contributed by atoms with van der Waals surface area (Å²) in [4.78, 5) is 27.6. The van der Waals surface area contributed by atoms with Gasteiger partial charge in [0.1, 0.15) is 6.04 Å². The Morgan fingerprint density at radius 1 is 1.06 bits per heavy atom. The Kier molecular flexibility index (Phi) is 11.1. The molecule has 0 aliphatic carbocycles. The fraction of sp³-hybridized carbons (Fsp3) is 0.462. The molecule has 0 saturated carbocycles. The first kappa shape index (κ1) is 29.9. The predicted octanol–water partition coefficient (Wildman–Crippen LogP) is 5.04. The first-order chi connectivity index (χ1) is 16.8. The minimum Gasteiger partial charge on any atom is -0.354 e. The molecule has 2 aromatic rings. The minimum atomic E-state index is -3.61. The van der Waals surface area contributed by atoms with Gasteiger partial charge in [-0.1, -0.05) is 61.3 Å². The van der Waals surface area contributed by atoms with Gasteiger partial charge in [0, 0.05) is 36.1 Å². The Balaban J connectivity index is 2.21. The number of rotatable bonds is 12. The molecular weight excluding hydrogens is 521 g/mol. The molecule has 0 aromatic heterocycles. The molecule has 0 bridgehead atoms. The molecule has 2 amide bonds. The number of amides is 2. The number of hydrogen-bond acceptors (Lipinski definition) is 4. The van der Waals surface area contributed by atoms with Gasteiger partial charge in [0.05, 0.1) is 11.9 Å². The summed E-state index contributed by atoms with van der Waals surface area (Å²) in [5.41, 5.74) is 1.96. The highest BCUT2D eigenvalue weighted by molar-refractivity contribution is 7.92. The van der Waals surface area contributed by atoms with Gasteiger partial charge in [-0.3, -0.25) is 13.9 Å². The summed E-state index contributed by atoms with van der Waals surface area (Å²) in [6.07, 6.45) is 1.44. The fourth-order valence-electron chi connectivity index (χ4n) is 3.68. The van der Waals surface area contributed by atoms with Crippen molar-refractivity contribution in [1.29, 1.82) is 0 Å². The molecule has 0 unspecified atom stereocenters. The predicted molar refractivity (Wildman–Crippen MR) is 147 cm³/mol. The van der Waals surface area contributed by atoms with E-state index in [1.54, 1.807) is 44.2 Å². The van der Waals surface area contributed by atoms with E-state index < -0.39 is 16.1 Å². The molecule has 198 valence electrons. The van der Waals surface area contributed by atoms with Crippen LogP contribution in [0, 0.1) is 12.8 Å². The lowest BCUT2D eigenvalue weighted by atomic mass is 10.1. The Morgan fingerprint density at radius 2 is 1.72 bits per heavy atom.